The highest BCUT2D eigenvalue weighted by atomic mass is 35.5. The molecule has 0 radical (unpaired) electrons. The number of benzene rings is 5. The van der Waals surface area contributed by atoms with E-state index in [1.807, 2.05) is 108 Å². The van der Waals surface area contributed by atoms with Crippen molar-refractivity contribution in [2.45, 2.75) is 109 Å². The second kappa shape index (κ2) is 23.6. The number of nitrogens with zero attached hydrogens (tertiary/aromatic N) is 2. The van der Waals surface area contributed by atoms with Crippen molar-refractivity contribution in [2.24, 2.45) is 0 Å². The number of piperidine rings is 2. The summed E-state index contributed by atoms with van der Waals surface area (Å²) in [6.45, 7) is 13.1. The highest BCUT2D eigenvalue weighted by Crippen LogP contribution is 2.42. The molecule has 2 aliphatic rings. The topological polar surface area (TPSA) is 107 Å². The summed E-state index contributed by atoms with van der Waals surface area (Å²) < 4.78 is 30.6. The molecule has 5 aromatic rings. The Morgan fingerprint density at radius 3 is 1.48 bits per heavy atom. The lowest BCUT2D eigenvalue weighted by molar-refractivity contribution is -0.191. The highest BCUT2D eigenvalue weighted by Gasteiger charge is 2.49. The Bertz CT molecular complexity index is 2500. The molecule has 16 heteroatoms. The molecule has 5 aromatic carbocycles. The van der Waals surface area contributed by atoms with Crippen LogP contribution in [0.25, 0.3) is 0 Å². The number of ether oxygens (including phenoxy) is 5. The molecule has 10 nitrogen and oxygen atoms in total. The number of aliphatic hydroxyl groups is 1. The summed E-state index contributed by atoms with van der Waals surface area (Å²) >= 11 is 36.7. The molecule has 2 saturated heterocycles. The molecular weight excluding hydrogens is 1010 g/mol. The van der Waals surface area contributed by atoms with E-state index in [1.54, 1.807) is 58.3 Å². The lowest BCUT2D eigenvalue weighted by Gasteiger charge is -2.47. The van der Waals surface area contributed by atoms with Gasteiger partial charge < -0.3 is 38.6 Å². The minimum Gasteiger partial charge on any atom is -0.444 e. The van der Waals surface area contributed by atoms with E-state index in [2.05, 4.69) is 0 Å². The van der Waals surface area contributed by atoms with Gasteiger partial charge in [-0.3, -0.25) is 0 Å². The summed E-state index contributed by atoms with van der Waals surface area (Å²) in [5.74, 6) is 0. The highest BCUT2D eigenvalue weighted by molar-refractivity contribution is 6.42. The van der Waals surface area contributed by atoms with Crippen molar-refractivity contribution in [1.82, 2.24) is 9.80 Å². The van der Waals surface area contributed by atoms with Gasteiger partial charge in [0.15, 0.2) is 0 Å². The van der Waals surface area contributed by atoms with E-state index < -0.39 is 40.7 Å². The smallest absolute Gasteiger partial charge is 0.410 e. The molecule has 0 saturated carbocycles. The van der Waals surface area contributed by atoms with E-state index in [4.69, 9.17) is 93.3 Å². The van der Waals surface area contributed by atoms with Crippen LogP contribution in [0.2, 0.25) is 30.1 Å². The maximum absolute atomic E-state index is 13.0. The summed E-state index contributed by atoms with van der Waals surface area (Å²) in [5, 5.41) is 14.6. The number of hydrogen-bond donors (Lipinski definition) is 1. The van der Waals surface area contributed by atoms with Crippen LogP contribution < -0.4 is 0 Å². The Morgan fingerprint density at radius 1 is 0.551 bits per heavy atom. The van der Waals surface area contributed by atoms with E-state index in [9.17, 15) is 14.7 Å². The van der Waals surface area contributed by atoms with Crippen molar-refractivity contribution in [1.29, 1.82) is 0 Å². The van der Waals surface area contributed by atoms with E-state index >= 15 is 0 Å². The van der Waals surface area contributed by atoms with E-state index in [-0.39, 0.29) is 32.4 Å². The van der Waals surface area contributed by atoms with Gasteiger partial charge in [-0.05, 0) is 118 Å². The number of hydrogen-bond acceptors (Lipinski definition) is 8. The number of amides is 2. The van der Waals surface area contributed by atoms with Gasteiger partial charge in [0.2, 0.25) is 0 Å². The Kier molecular flexibility index (Phi) is 18.7. The number of carbonyl (C=O) groups is 2. The maximum Gasteiger partial charge on any atom is 0.410 e. The third kappa shape index (κ3) is 15.1. The van der Waals surface area contributed by atoms with Crippen LogP contribution in [0.1, 0.15) is 82.2 Å². The number of carbonyl (C=O) groups excluding carboxylic acids is 2. The predicted octanol–water partition coefficient (Wildman–Crippen LogP) is 14.3. The van der Waals surface area contributed by atoms with Crippen LogP contribution in [-0.4, -0.2) is 76.7 Å². The van der Waals surface area contributed by atoms with Crippen molar-refractivity contribution in [3.05, 3.63) is 173 Å². The molecule has 2 fully saturated rings. The predicted molar refractivity (Wildman–Crippen MR) is 275 cm³/mol. The zero-order valence-corrected chi connectivity index (χ0v) is 44.0. The number of halogens is 6. The first-order chi connectivity index (χ1) is 32.5. The SMILES string of the molecule is CC(C)(C)OC(=O)N1CC[C@@](O)(c2ccc(Cl)cc2)[C@H](OCc2ccc(Cl)c(Cl)c2)C1.CC(C)(C)OC(=O)N1CC[C@@](OCc2ccccc2)(c2ccc(Cl)cc2)[C@H](OCc2ccc(Cl)c(Cl)c2)C1. The number of rotatable bonds is 11. The van der Waals surface area contributed by atoms with Gasteiger partial charge in [-0.1, -0.05) is 136 Å². The molecule has 2 heterocycles. The van der Waals surface area contributed by atoms with Crippen LogP contribution in [-0.2, 0) is 54.7 Å². The summed E-state index contributed by atoms with van der Waals surface area (Å²) in [5.41, 5.74) is 0.969. The molecule has 0 bridgehead atoms. The quantitative estimate of drug-likeness (QED) is 0.139. The minimum atomic E-state index is -1.29. The van der Waals surface area contributed by atoms with Gasteiger partial charge in [0.1, 0.15) is 34.6 Å². The third-order valence-corrected chi connectivity index (χ3v) is 13.5. The molecule has 2 aliphatic heterocycles. The summed E-state index contributed by atoms with van der Waals surface area (Å²) in [6.07, 6.45) is -1.22. The molecule has 0 unspecified atom stereocenters. The van der Waals surface area contributed by atoms with E-state index in [1.165, 1.54) is 0 Å². The van der Waals surface area contributed by atoms with Crippen LogP contribution in [0.4, 0.5) is 9.59 Å². The molecule has 69 heavy (non-hydrogen) atoms. The lowest BCUT2D eigenvalue weighted by Crippen LogP contribution is -2.57. The summed E-state index contributed by atoms with van der Waals surface area (Å²) in [6, 6.07) is 35.3. The first kappa shape index (κ1) is 54.6. The average molecular weight is 1060 g/mol. The maximum atomic E-state index is 13.0. The van der Waals surface area contributed by atoms with E-state index in [0.29, 0.717) is 68.2 Å². The molecule has 0 aromatic heterocycles. The normalized spacial score (nSPS) is 20.7. The van der Waals surface area contributed by atoms with Gasteiger partial charge in [-0.2, -0.15) is 0 Å². The average Bonchev–Trinajstić information content (AvgIpc) is 3.29. The molecule has 2 amide bonds. The first-order valence-electron chi connectivity index (χ1n) is 22.5. The molecule has 0 aliphatic carbocycles. The van der Waals surface area contributed by atoms with Gasteiger partial charge in [-0.15, -0.1) is 0 Å². The zero-order chi connectivity index (χ0) is 50.1. The second-order valence-corrected chi connectivity index (χ2v) is 21.6. The fourth-order valence-electron chi connectivity index (χ4n) is 7.99. The summed E-state index contributed by atoms with van der Waals surface area (Å²) in [4.78, 5) is 28.9. The van der Waals surface area contributed by atoms with Crippen LogP contribution in [0.15, 0.2) is 115 Å². The van der Waals surface area contributed by atoms with Crippen molar-refractivity contribution in [2.75, 3.05) is 26.2 Å². The van der Waals surface area contributed by atoms with Crippen molar-refractivity contribution in [3.8, 4) is 0 Å². The monoisotopic (exact) mass is 1060 g/mol. The Hall–Kier alpha value is -3.78. The second-order valence-electron chi connectivity index (χ2n) is 19.1. The standard InChI is InChI=1S/C30H32Cl3NO4.C23H26Cl3NO4/c1-29(2,3)38-28(35)34-16-15-30(23-10-12-24(31)13-11-23,37-20-21-7-5-4-6-8-21)27(18-34)36-19-22-9-14-25(32)26(33)17-22;1-22(2,3)31-21(28)27-11-10-23(29,16-5-7-17(24)8-6-16)20(13-27)30-14-15-4-9-18(25)19(26)12-15/h4-14,17,27H,15-16,18-20H2,1-3H3;4-9,12,20,29H,10-11,13-14H2,1-3H3/t27-,30-;20-,23-/m11/s1. The van der Waals surface area contributed by atoms with Gasteiger partial charge in [0, 0.05) is 36.0 Å². The molecule has 0 spiro atoms. The van der Waals surface area contributed by atoms with Gasteiger partial charge in [0.05, 0.1) is 53.0 Å². The minimum absolute atomic E-state index is 0.176. The lowest BCUT2D eigenvalue weighted by atomic mass is 9.81. The molecular formula is C53H58Cl6N2O8. The fraction of sp³-hybridized carbons (Fsp3) is 0.396. The fourth-order valence-corrected chi connectivity index (χ4v) is 8.88. The van der Waals surface area contributed by atoms with Crippen LogP contribution >= 0.6 is 69.6 Å². The Morgan fingerprint density at radius 2 is 1.00 bits per heavy atom. The largest absolute Gasteiger partial charge is 0.444 e. The van der Waals surface area contributed by atoms with Gasteiger partial charge in [0.25, 0.3) is 0 Å². The molecule has 7 rings (SSSR count). The first-order valence-corrected chi connectivity index (χ1v) is 24.8. The third-order valence-electron chi connectivity index (χ3n) is 11.5. The molecule has 1 N–H and O–H groups in total. The van der Waals surface area contributed by atoms with Crippen molar-refractivity contribution >= 4 is 81.8 Å². The van der Waals surface area contributed by atoms with Crippen LogP contribution in [0.5, 0.6) is 0 Å². The Labute approximate surface area is 435 Å². The van der Waals surface area contributed by atoms with Gasteiger partial charge >= 0.3 is 12.2 Å². The zero-order valence-electron chi connectivity index (χ0n) is 39.5. The summed E-state index contributed by atoms with van der Waals surface area (Å²) in [7, 11) is 0. The van der Waals surface area contributed by atoms with Crippen LogP contribution in [0.3, 0.4) is 0 Å². The van der Waals surface area contributed by atoms with Crippen LogP contribution in [0, 0.1) is 0 Å². The van der Waals surface area contributed by atoms with Gasteiger partial charge in [-0.25, -0.2) is 9.59 Å². The van der Waals surface area contributed by atoms with Crippen molar-refractivity contribution in [3.63, 3.8) is 0 Å². The molecule has 370 valence electrons. The number of likely N-dealkylation sites (tertiary alicyclic amines) is 2. The van der Waals surface area contributed by atoms with Crippen molar-refractivity contribution < 1.29 is 38.4 Å². The Balaban J connectivity index is 0.000000232. The van der Waals surface area contributed by atoms with E-state index in [0.717, 1.165) is 22.3 Å². The molecule has 4 atom stereocenters.